The standard InChI is InChI=1S/C9H19N.C7H16O/c1-8(2)6-5-7-9(3,4)10-8;1-3-4-5-6-7-8-2/h10H,5-7H2,1-4H3;3-7H2,1-2H3. The molecule has 2 nitrogen and oxygen atoms in total. The first-order valence-corrected chi connectivity index (χ1v) is 7.61. The lowest BCUT2D eigenvalue weighted by molar-refractivity contribution is 0.183. The molecule has 110 valence electrons. The summed E-state index contributed by atoms with van der Waals surface area (Å²) in [5.74, 6) is 0. The Bertz CT molecular complexity index is 179. The molecule has 0 atom stereocenters. The van der Waals surface area contributed by atoms with Crippen LogP contribution in [-0.2, 0) is 4.74 Å². The van der Waals surface area contributed by atoms with Gasteiger partial charge in [0.25, 0.3) is 0 Å². The van der Waals surface area contributed by atoms with E-state index in [9.17, 15) is 0 Å². The van der Waals surface area contributed by atoms with E-state index in [1.54, 1.807) is 7.11 Å². The molecule has 0 aromatic heterocycles. The maximum atomic E-state index is 4.89. The minimum atomic E-state index is 0.363. The Labute approximate surface area is 115 Å². The fourth-order valence-corrected chi connectivity index (χ4v) is 2.69. The molecule has 1 rings (SSSR count). The number of hydrogen-bond donors (Lipinski definition) is 1. The first-order valence-electron chi connectivity index (χ1n) is 7.61. The maximum Gasteiger partial charge on any atom is 0.0462 e. The summed E-state index contributed by atoms with van der Waals surface area (Å²) in [6.45, 7) is 12.3. The molecule has 2 heteroatoms. The van der Waals surface area contributed by atoms with Gasteiger partial charge in [-0.2, -0.15) is 0 Å². The van der Waals surface area contributed by atoms with Gasteiger partial charge in [-0.3, -0.25) is 0 Å². The first-order chi connectivity index (χ1) is 8.33. The molecule has 0 amide bonds. The van der Waals surface area contributed by atoms with Crippen LogP contribution in [0.4, 0.5) is 0 Å². The topological polar surface area (TPSA) is 21.3 Å². The average Bonchev–Trinajstić information content (AvgIpc) is 2.22. The van der Waals surface area contributed by atoms with Gasteiger partial charge in [0.2, 0.25) is 0 Å². The molecule has 1 N–H and O–H groups in total. The Balaban J connectivity index is 0.000000331. The zero-order valence-electron chi connectivity index (χ0n) is 13.6. The molecule has 0 aromatic rings. The molecule has 0 aromatic carbocycles. The van der Waals surface area contributed by atoms with Crippen LogP contribution in [0.25, 0.3) is 0 Å². The zero-order valence-corrected chi connectivity index (χ0v) is 13.6. The molecule has 0 bridgehead atoms. The first kappa shape index (κ1) is 17.9. The average molecular weight is 257 g/mol. The summed E-state index contributed by atoms with van der Waals surface area (Å²) < 4.78 is 4.89. The number of unbranched alkanes of at least 4 members (excludes halogenated alkanes) is 3. The van der Waals surface area contributed by atoms with E-state index in [-0.39, 0.29) is 0 Å². The molecule has 1 aliphatic rings. The summed E-state index contributed by atoms with van der Waals surface area (Å²) in [5, 5.41) is 3.63. The van der Waals surface area contributed by atoms with Crippen molar-refractivity contribution in [3.8, 4) is 0 Å². The number of rotatable bonds is 5. The lowest BCUT2D eigenvalue weighted by Crippen LogP contribution is -2.55. The van der Waals surface area contributed by atoms with Crippen LogP contribution in [0.5, 0.6) is 0 Å². The second kappa shape index (κ2) is 8.92. The van der Waals surface area contributed by atoms with Crippen LogP contribution in [0.2, 0.25) is 0 Å². The highest BCUT2D eigenvalue weighted by molar-refractivity contribution is 4.92. The Morgan fingerprint density at radius 2 is 1.50 bits per heavy atom. The molecule has 1 aliphatic heterocycles. The smallest absolute Gasteiger partial charge is 0.0462 e. The van der Waals surface area contributed by atoms with Gasteiger partial charge in [0, 0.05) is 24.8 Å². The lowest BCUT2D eigenvalue weighted by Gasteiger charge is -2.42. The van der Waals surface area contributed by atoms with Crippen LogP contribution in [0.3, 0.4) is 0 Å². The van der Waals surface area contributed by atoms with Crippen molar-refractivity contribution in [1.82, 2.24) is 5.32 Å². The van der Waals surface area contributed by atoms with Crippen LogP contribution in [0.1, 0.15) is 79.6 Å². The second-order valence-electron chi connectivity index (χ2n) is 6.80. The number of hydrogen-bond acceptors (Lipinski definition) is 2. The van der Waals surface area contributed by atoms with Crippen molar-refractivity contribution in [3.63, 3.8) is 0 Å². The quantitative estimate of drug-likeness (QED) is 0.731. The summed E-state index contributed by atoms with van der Waals surface area (Å²) in [5.41, 5.74) is 0.726. The van der Waals surface area contributed by atoms with E-state index in [4.69, 9.17) is 4.74 Å². The van der Waals surface area contributed by atoms with Gasteiger partial charge in [-0.1, -0.05) is 26.2 Å². The maximum absolute atomic E-state index is 4.89. The fourth-order valence-electron chi connectivity index (χ4n) is 2.69. The van der Waals surface area contributed by atoms with E-state index in [0.717, 1.165) is 6.61 Å². The Morgan fingerprint density at radius 3 is 1.83 bits per heavy atom. The van der Waals surface area contributed by atoms with Crippen LogP contribution in [0.15, 0.2) is 0 Å². The molecule has 0 saturated carbocycles. The van der Waals surface area contributed by atoms with Crippen LogP contribution in [0, 0.1) is 0 Å². The molecule has 0 spiro atoms. The van der Waals surface area contributed by atoms with Crippen LogP contribution in [-0.4, -0.2) is 24.8 Å². The highest BCUT2D eigenvalue weighted by Crippen LogP contribution is 2.27. The molecule has 1 saturated heterocycles. The number of ether oxygens (including phenoxy) is 1. The van der Waals surface area contributed by atoms with Gasteiger partial charge in [0.1, 0.15) is 0 Å². The second-order valence-corrected chi connectivity index (χ2v) is 6.80. The highest BCUT2D eigenvalue weighted by atomic mass is 16.5. The molecule has 0 aliphatic carbocycles. The van der Waals surface area contributed by atoms with Crippen molar-refractivity contribution in [1.29, 1.82) is 0 Å². The van der Waals surface area contributed by atoms with Crippen LogP contribution < -0.4 is 5.32 Å². The summed E-state index contributed by atoms with van der Waals surface area (Å²) in [4.78, 5) is 0. The van der Waals surface area contributed by atoms with Gasteiger partial charge in [-0.15, -0.1) is 0 Å². The zero-order chi connectivity index (χ0) is 14.1. The van der Waals surface area contributed by atoms with Crippen molar-refractivity contribution >= 4 is 0 Å². The monoisotopic (exact) mass is 257 g/mol. The minimum absolute atomic E-state index is 0.363. The normalized spacial score (nSPS) is 21.0. The van der Waals surface area contributed by atoms with E-state index in [2.05, 4.69) is 39.9 Å². The molecular weight excluding hydrogens is 222 g/mol. The van der Waals surface area contributed by atoms with E-state index < -0.39 is 0 Å². The van der Waals surface area contributed by atoms with Crippen LogP contribution >= 0.6 is 0 Å². The number of methoxy groups -OCH3 is 1. The van der Waals surface area contributed by atoms with E-state index >= 15 is 0 Å². The Kier molecular flexibility index (Phi) is 8.89. The number of nitrogens with one attached hydrogen (secondary N) is 1. The van der Waals surface area contributed by atoms with Crippen molar-refractivity contribution in [2.24, 2.45) is 0 Å². The summed E-state index contributed by atoms with van der Waals surface area (Å²) >= 11 is 0. The van der Waals surface area contributed by atoms with Crippen molar-refractivity contribution in [3.05, 3.63) is 0 Å². The Hall–Kier alpha value is -0.0800. The van der Waals surface area contributed by atoms with Gasteiger partial charge >= 0.3 is 0 Å². The molecule has 1 fully saturated rings. The highest BCUT2D eigenvalue weighted by Gasteiger charge is 2.31. The van der Waals surface area contributed by atoms with Crippen molar-refractivity contribution in [2.45, 2.75) is 90.6 Å². The third-order valence-electron chi connectivity index (χ3n) is 3.48. The van der Waals surface area contributed by atoms with E-state index in [0.29, 0.717) is 11.1 Å². The molecule has 18 heavy (non-hydrogen) atoms. The van der Waals surface area contributed by atoms with Gasteiger partial charge in [-0.25, -0.2) is 0 Å². The largest absolute Gasteiger partial charge is 0.385 e. The molecule has 0 radical (unpaired) electrons. The van der Waals surface area contributed by atoms with Gasteiger partial charge in [0.05, 0.1) is 0 Å². The third-order valence-corrected chi connectivity index (χ3v) is 3.48. The van der Waals surface area contributed by atoms with Crippen molar-refractivity contribution < 1.29 is 4.74 Å². The SMILES string of the molecule is CC1(C)CCCC(C)(C)N1.CCCCCCOC. The van der Waals surface area contributed by atoms with Crippen molar-refractivity contribution in [2.75, 3.05) is 13.7 Å². The third kappa shape index (κ3) is 9.90. The predicted octanol–water partition coefficient (Wildman–Crippen LogP) is 4.53. The van der Waals surface area contributed by atoms with E-state index in [1.165, 1.54) is 44.9 Å². The predicted molar refractivity (Wildman–Crippen MR) is 81.2 cm³/mol. The molecular formula is C16H35NO. The number of piperidine rings is 1. The van der Waals surface area contributed by atoms with Gasteiger partial charge < -0.3 is 10.1 Å². The van der Waals surface area contributed by atoms with E-state index in [1.807, 2.05) is 0 Å². The van der Waals surface area contributed by atoms with Gasteiger partial charge in [-0.05, 0) is 53.4 Å². The molecule has 1 heterocycles. The molecule has 0 unspecified atom stereocenters. The summed E-state index contributed by atoms with van der Waals surface area (Å²) in [6.07, 6.45) is 9.21. The summed E-state index contributed by atoms with van der Waals surface area (Å²) in [6, 6.07) is 0. The summed E-state index contributed by atoms with van der Waals surface area (Å²) in [7, 11) is 1.76. The van der Waals surface area contributed by atoms with Gasteiger partial charge in [0.15, 0.2) is 0 Å². The fraction of sp³-hybridized carbons (Fsp3) is 1.00. The lowest BCUT2D eigenvalue weighted by atomic mass is 9.83. The Morgan fingerprint density at radius 1 is 0.944 bits per heavy atom. The minimum Gasteiger partial charge on any atom is -0.385 e.